The molecule has 0 radical (unpaired) electrons. The van der Waals surface area contributed by atoms with Gasteiger partial charge in [-0.05, 0) is 5.56 Å². The second-order valence-corrected chi connectivity index (χ2v) is 8.81. The molecule has 36 heavy (non-hydrogen) atoms. The number of nitrogens with one attached hydrogen (secondary N) is 2. The minimum atomic E-state index is -1.42. The van der Waals surface area contributed by atoms with Gasteiger partial charge < -0.3 is 55.1 Å². The van der Waals surface area contributed by atoms with Crippen LogP contribution in [0.5, 0.6) is 0 Å². The molecule has 0 saturated carbocycles. The van der Waals surface area contributed by atoms with Gasteiger partial charge in [0.1, 0.15) is 42.7 Å². The third kappa shape index (κ3) is 7.07. The summed E-state index contributed by atoms with van der Waals surface area (Å²) in [6.45, 7) is 4.41. The summed E-state index contributed by atoms with van der Waals surface area (Å²) in [4.78, 5) is 11.6. The highest BCUT2D eigenvalue weighted by Crippen LogP contribution is 2.25. The molecule has 1 aromatic carbocycles. The van der Waals surface area contributed by atoms with Crippen molar-refractivity contribution in [2.75, 3.05) is 19.8 Å². The summed E-state index contributed by atoms with van der Waals surface area (Å²) in [5, 5.41) is 57.5. The predicted octanol–water partition coefficient (Wildman–Crippen LogP) is -2.25. The van der Waals surface area contributed by atoms with E-state index in [2.05, 4.69) is 17.2 Å². The molecule has 2 heterocycles. The minimum absolute atomic E-state index is 0.0725. The van der Waals surface area contributed by atoms with Crippen molar-refractivity contribution in [1.82, 2.24) is 10.6 Å². The summed E-state index contributed by atoms with van der Waals surface area (Å²) in [5.74, 6) is -0.438. The van der Waals surface area contributed by atoms with E-state index in [1.54, 1.807) is 0 Å². The third-order valence-corrected chi connectivity index (χ3v) is 6.14. The van der Waals surface area contributed by atoms with E-state index in [-0.39, 0.29) is 19.8 Å². The van der Waals surface area contributed by atoms with Crippen LogP contribution in [0.4, 0.5) is 0 Å². The maximum atomic E-state index is 11.6. The Labute approximate surface area is 209 Å². The zero-order chi connectivity index (χ0) is 26.2. The quantitative estimate of drug-likeness (QED) is 0.159. The van der Waals surface area contributed by atoms with Crippen LogP contribution < -0.4 is 10.6 Å². The Morgan fingerprint density at radius 3 is 2.22 bits per heavy atom. The molecule has 12 heteroatoms. The van der Waals surface area contributed by atoms with Crippen LogP contribution >= 0.6 is 0 Å². The van der Waals surface area contributed by atoms with Crippen molar-refractivity contribution >= 4 is 5.91 Å². The Kier molecular flexibility index (Phi) is 10.8. The molecule has 2 saturated heterocycles. The van der Waals surface area contributed by atoms with Crippen molar-refractivity contribution in [1.29, 1.82) is 0 Å². The van der Waals surface area contributed by atoms with E-state index in [1.165, 1.54) is 13.0 Å². The van der Waals surface area contributed by atoms with Crippen molar-refractivity contribution in [3.8, 4) is 0 Å². The van der Waals surface area contributed by atoms with Crippen molar-refractivity contribution in [3.63, 3.8) is 0 Å². The Morgan fingerprint density at radius 1 is 0.972 bits per heavy atom. The monoisotopic (exact) mass is 512 g/mol. The van der Waals surface area contributed by atoms with Gasteiger partial charge in [0.05, 0.1) is 25.9 Å². The maximum Gasteiger partial charge on any atom is 0.217 e. The molecule has 0 aliphatic carbocycles. The van der Waals surface area contributed by atoms with Crippen LogP contribution in [0.2, 0.25) is 0 Å². The summed E-state index contributed by atoms with van der Waals surface area (Å²) in [6, 6.07) is 7.26. The summed E-state index contributed by atoms with van der Waals surface area (Å²) < 4.78 is 22.9. The number of hydrogen-bond acceptors (Lipinski definition) is 11. The van der Waals surface area contributed by atoms with E-state index in [0.717, 1.165) is 5.56 Å². The molecule has 202 valence electrons. The van der Waals surface area contributed by atoms with Crippen LogP contribution in [-0.4, -0.2) is 112 Å². The first-order chi connectivity index (χ1) is 17.3. The molecule has 0 bridgehead atoms. The average molecular weight is 513 g/mol. The standard InChI is InChI=1S/C24H36N2O10/c1-3-9-33-24-18(26-13(2)28)22(32)19(29)15(35-24)10-25-17-21(31)20(30)16(11-27)36-23(17)34-12-14-7-5-4-6-8-14/h3-8,15-25,27,29-32H,1,9-12H2,2H3,(H,26,28)/t15-,16-,17-,18-,19-,20+,21-,22-,23+,24+/m1/s1. The largest absolute Gasteiger partial charge is 0.394 e. The van der Waals surface area contributed by atoms with E-state index < -0.39 is 73.8 Å². The lowest BCUT2D eigenvalue weighted by Gasteiger charge is -2.45. The molecule has 0 spiro atoms. The van der Waals surface area contributed by atoms with E-state index >= 15 is 0 Å². The second-order valence-electron chi connectivity index (χ2n) is 8.81. The first kappa shape index (κ1) is 28.6. The highest BCUT2D eigenvalue weighted by molar-refractivity contribution is 5.73. The van der Waals surface area contributed by atoms with E-state index in [0.29, 0.717) is 0 Å². The van der Waals surface area contributed by atoms with Crippen LogP contribution in [0.15, 0.2) is 43.0 Å². The normalized spacial score (nSPS) is 36.8. The average Bonchev–Trinajstić information content (AvgIpc) is 2.87. The lowest BCUT2D eigenvalue weighted by molar-refractivity contribution is -0.280. The van der Waals surface area contributed by atoms with Crippen LogP contribution in [-0.2, 0) is 30.3 Å². The molecule has 12 nitrogen and oxygen atoms in total. The highest BCUT2D eigenvalue weighted by Gasteiger charge is 2.48. The fourth-order valence-electron chi connectivity index (χ4n) is 4.24. The van der Waals surface area contributed by atoms with Crippen molar-refractivity contribution in [3.05, 3.63) is 48.6 Å². The van der Waals surface area contributed by atoms with Crippen LogP contribution in [0.25, 0.3) is 0 Å². The Morgan fingerprint density at radius 2 is 1.58 bits per heavy atom. The molecule has 7 N–H and O–H groups in total. The van der Waals surface area contributed by atoms with E-state index in [1.807, 2.05) is 30.3 Å². The third-order valence-electron chi connectivity index (χ3n) is 6.14. The molecular formula is C24H36N2O10. The summed E-state index contributed by atoms with van der Waals surface area (Å²) in [6.07, 6.45) is -8.37. The molecular weight excluding hydrogens is 476 g/mol. The molecule has 0 unspecified atom stereocenters. The van der Waals surface area contributed by atoms with Gasteiger partial charge in [-0.15, -0.1) is 6.58 Å². The lowest BCUT2D eigenvalue weighted by Crippen LogP contribution is -2.68. The summed E-state index contributed by atoms with van der Waals surface area (Å²) in [5.41, 5.74) is 0.849. The first-order valence-electron chi connectivity index (χ1n) is 11.8. The minimum Gasteiger partial charge on any atom is -0.394 e. The molecule has 2 aliphatic rings. The van der Waals surface area contributed by atoms with Crippen molar-refractivity contribution < 1.29 is 49.3 Å². The van der Waals surface area contributed by atoms with Gasteiger partial charge in [0.15, 0.2) is 12.6 Å². The molecule has 1 aromatic rings. The number of ether oxygens (including phenoxy) is 4. The number of carbonyl (C=O) groups is 1. The van der Waals surface area contributed by atoms with Crippen LogP contribution in [0.1, 0.15) is 12.5 Å². The zero-order valence-corrected chi connectivity index (χ0v) is 20.1. The fourth-order valence-corrected chi connectivity index (χ4v) is 4.24. The number of amides is 1. The van der Waals surface area contributed by atoms with Gasteiger partial charge in [-0.3, -0.25) is 4.79 Å². The highest BCUT2D eigenvalue weighted by atomic mass is 16.7. The van der Waals surface area contributed by atoms with Crippen LogP contribution in [0, 0.1) is 0 Å². The lowest BCUT2D eigenvalue weighted by atomic mass is 9.94. The van der Waals surface area contributed by atoms with Gasteiger partial charge in [0.25, 0.3) is 0 Å². The van der Waals surface area contributed by atoms with Gasteiger partial charge in [-0.1, -0.05) is 36.4 Å². The van der Waals surface area contributed by atoms with Crippen molar-refractivity contribution in [2.45, 2.75) is 74.8 Å². The van der Waals surface area contributed by atoms with E-state index in [9.17, 15) is 30.3 Å². The van der Waals surface area contributed by atoms with E-state index in [4.69, 9.17) is 18.9 Å². The molecule has 2 aliphatic heterocycles. The van der Waals surface area contributed by atoms with Crippen molar-refractivity contribution in [2.24, 2.45) is 0 Å². The second kappa shape index (κ2) is 13.5. The van der Waals surface area contributed by atoms with Gasteiger partial charge in [0, 0.05) is 13.5 Å². The maximum absolute atomic E-state index is 11.6. The Balaban J connectivity index is 1.70. The molecule has 0 aromatic heterocycles. The SMILES string of the molecule is C=CCO[C@H]1O[C@H](CN[C@H]2[C@@H](OCc3ccccc3)O[C@H](CO)[C@H](O)[C@@H]2O)[C@@H](O)[C@H](O)[C@H]1NC(C)=O. The number of aliphatic hydroxyl groups excluding tert-OH is 5. The first-order valence-corrected chi connectivity index (χ1v) is 11.8. The Bertz CT molecular complexity index is 830. The number of rotatable bonds is 11. The number of carbonyl (C=O) groups excluding carboxylic acids is 1. The number of hydrogen-bond donors (Lipinski definition) is 7. The molecule has 2 fully saturated rings. The van der Waals surface area contributed by atoms with Gasteiger partial charge in [-0.25, -0.2) is 0 Å². The molecule has 3 rings (SSSR count). The van der Waals surface area contributed by atoms with Gasteiger partial charge >= 0.3 is 0 Å². The number of benzene rings is 1. The summed E-state index contributed by atoms with van der Waals surface area (Å²) >= 11 is 0. The zero-order valence-electron chi connectivity index (χ0n) is 20.1. The smallest absolute Gasteiger partial charge is 0.217 e. The number of aliphatic hydroxyl groups is 5. The van der Waals surface area contributed by atoms with Crippen LogP contribution in [0.3, 0.4) is 0 Å². The summed E-state index contributed by atoms with van der Waals surface area (Å²) in [7, 11) is 0. The van der Waals surface area contributed by atoms with Gasteiger partial charge in [0.2, 0.25) is 5.91 Å². The topological polar surface area (TPSA) is 179 Å². The Hall–Kier alpha value is -1.97. The molecule has 10 atom stereocenters. The molecule has 1 amide bonds. The predicted molar refractivity (Wildman–Crippen MR) is 125 cm³/mol. The van der Waals surface area contributed by atoms with Gasteiger partial charge in [-0.2, -0.15) is 0 Å². The fraction of sp³-hybridized carbons (Fsp3) is 0.625.